The van der Waals surface area contributed by atoms with Crippen molar-refractivity contribution in [2.45, 2.75) is 77.4 Å². The molecule has 5 rings (SSSR count). The normalized spacial score (nSPS) is 56.6. The molecule has 138 valence electrons. The molecule has 0 radical (unpaired) electrons. The van der Waals surface area contributed by atoms with Gasteiger partial charge in [-0.25, -0.2) is 0 Å². The van der Waals surface area contributed by atoms with Crippen LogP contribution in [0, 0.1) is 34.5 Å². The van der Waals surface area contributed by atoms with Crippen molar-refractivity contribution < 1.29 is 14.3 Å². The van der Waals surface area contributed by atoms with Crippen molar-refractivity contribution in [3.8, 4) is 0 Å². The van der Waals surface area contributed by atoms with Gasteiger partial charge in [-0.2, -0.15) is 5.10 Å². The van der Waals surface area contributed by atoms with Gasteiger partial charge < -0.3 is 10.2 Å². The molecular formula is C21H32N2O2. The van der Waals surface area contributed by atoms with Gasteiger partial charge in [0.2, 0.25) is 0 Å². The van der Waals surface area contributed by atoms with E-state index in [9.17, 15) is 10.2 Å². The summed E-state index contributed by atoms with van der Waals surface area (Å²) in [6.45, 7) is 1.79. The Bertz CT molecular complexity index is 795. The molecule has 0 aliphatic heterocycles. The summed E-state index contributed by atoms with van der Waals surface area (Å²) in [5.41, 5.74) is 0.0508. The van der Waals surface area contributed by atoms with Crippen LogP contribution in [-0.4, -0.2) is 32.1 Å². The van der Waals surface area contributed by atoms with Crippen LogP contribution < -0.4 is 0 Å². The molecule has 0 aromatic carbocycles. The Hall–Kier alpha value is -0.870. The SMILES string of the molecule is [2H]C([2H])([2H])[C@]1(O)[C@@H](O)C[C@H]2[C@@H]3CC[C@H]4Cc5[nH]ncc5C[C@]4(C)[C@H]3CC[C@@]21C. The van der Waals surface area contributed by atoms with Gasteiger partial charge in [0.05, 0.1) is 17.9 Å². The number of hydrogen-bond acceptors (Lipinski definition) is 3. The second-order valence-electron chi connectivity index (χ2n) is 9.89. The fourth-order valence-corrected chi connectivity index (χ4v) is 7.49. The highest BCUT2D eigenvalue weighted by molar-refractivity contribution is 5.26. The van der Waals surface area contributed by atoms with Crippen molar-refractivity contribution in [1.82, 2.24) is 10.2 Å². The van der Waals surface area contributed by atoms with Crippen molar-refractivity contribution in [3.05, 3.63) is 17.5 Å². The maximum absolute atomic E-state index is 11.3. The number of aromatic nitrogens is 2. The molecule has 3 N–H and O–H groups in total. The first-order valence-electron chi connectivity index (χ1n) is 11.4. The molecule has 0 unspecified atom stereocenters. The predicted octanol–water partition coefficient (Wildman–Crippen LogP) is 3.09. The molecule has 0 spiro atoms. The van der Waals surface area contributed by atoms with Gasteiger partial charge in [-0.15, -0.1) is 0 Å². The van der Waals surface area contributed by atoms with E-state index in [-0.39, 0.29) is 11.3 Å². The lowest BCUT2D eigenvalue weighted by Gasteiger charge is -2.60. The fourth-order valence-electron chi connectivity index (χ4n) is 7.49. The lowest BCUT2D eigenvalue weighted by atomic mass is 9.44. The molecule has 1 heterocycles. The lowest BCUT2D eigenvalue weighted by molar-refractivity contribution is -0.155. The van der Waals surface area contributed by atoms with Crippen LogP contribution in [0.25, 0.3) is 0 Å². The Morgan fingerprint density at radius 2 is 2.12 bits per heavy atom. The quantitative estimate of drug-likeness (QED) is 0.675. The molecule has 4 aliphatic carbocycles. The number of aliphatic hydroxyl groups excluding tert-OH is 1. The standard InChI is InChI=1S/C21H32N2O2/c1-19-10-12-11-22-23-17(12)8-13(19)4-5-14-15(19)6-7-20(2)16(14)9-18(24)21(20,3)25/h11,13-16,18,24-25H,4-10H2,1-3H3,(H,22,23)/t13-,14+,15-,16-,18-,19-,20-,21-/m0/s1/i3D3. The maximum Gasteiger partial charge on any atom is 0.0933 e. The average Bonchev–Trinajstić information content (AvgIpc) is 3.13. The van der Waals surface area contributed by atoms with Crippen molar-refractivity contribution >= 4 is 0 Å². The molecular weight excluding hydrogens is 312 g/mol. The number of rotatable bonds is 0. The van der Waals surface area contributed by atoms with Crippen LogP contribution in [0.3, 0.4) is 0 Å². The largest absolute Gasteiger partial charge is 0.390 e. The maximum atomic E-state index is 11.3. The summed E-state index contributed by atoms with van der Waals surface area (Å²) >= 11 is 0. The van der Waals surface area contributed by atoms with Gasteiger partial charge in [0.1, 0.15) is 0 Å². The second-order valence-corrected chi connectivity index (χ2v) is 9.89. The van der Waals surface area contributed by atoms with E-state index < -0.39 is 24.0 Å². The molecule has 8 atom stereocenters. The van der Waals surface area contributed by atoms with Crippen LogP contribution in [0.2, 0.25) is 0 Å². The minimum Gasteiger partial charge on any atom is -0.390 e. The zero-order chi connectivity index (χ0) is 20.1. The number of aliphatic hydroxyl groups is 2. The van der Waals surface area contributed by atoms with Crippen LogP contribution in [-0.2, 0) is 12.8 Å². The van der Waals surface area contributed by atoms with Crippen LogP contribution in [0.4, 0.5) is 0 Å². The first-order valence-corrected chi connectivity index (χ1v) is 9.94. The minimum atomic E-state index is -2.57. The lowest BCUT2D eigenvalue weighted by Crippen LogP contribution is -2.57. The van der Waals surface area contributed by atoms with Crippen LogP contribution in [0.5, 0.6) is 0 Å². The highest BCUT2D eigenvalue weighted by atomic mass is 16.3. The Morgan fingerprint density at radius 1 is 1.28 bits per heavy atom. The molecule has 25 heavy (non-hydrogen) atoms. The van der Waals surface area contributed by atoms with Gasteiger partial charge >= 0.3 is 0 Å². The molecule has 0 saturated heterocycles. The average molecular weight is 348 g/mol. The van der Waals surface area contributed by atoms with Crippen LogP contribution >= 0.6 is 0 Å². The first-order chi connectivity index (χ1) is 13.0. The van der Waals surface area contributed by atoms with Gasteiger partial charge in [-0.1, -0.05) is 13.8 Å². The van der Waals surface area contributed by atoms with Crippen LogP contribution in [0.1, 0.15) is 68.2 Å². The number of nitrogens with one attached hydrogen (secondary N) is 1. The third kappa shape index (κ3) is 1.88. The monoisotopic (exact) mass is 347 g/mol. The molecule has 4 aliphatic rings. The van der Waals surface area contributed by atoms with E-state index in [2.05, 4.69) is 17.1 Å². The van der Waals surface area contributed by atoms with Gasteiger partial charge in [0.15, 0.2) is 0 Å². The van der Waals surface area contributed by atoms with Crippen LogP contribution in [0.15, 0.2) is 6.20 Å². The zero-order valence-electron chi connectivity index (χ0n) is 18.3. The topological polar surface area (TPSA) is 69.1 Å². The molecule has 0 bridgehead atoms. The Morgan fingerprint density at radius 3 is 2.92 bits per heavy atom. The highest BCUT2D eigenvalue weighted by Gasteiger charge is 2.66. The van der Waals surface area contributed by atoms with Crippen molar-refractivity contribution in [1.29, 1.82) is 0 Å². The van der Waals surface area contributed by atoms with Crippen molar-refractivity contribution in [2.75, 3.05) is 0 Å². The highest BCUT2D eigenvalue weighted by Crippen LogP contribution is 2.67. The van der Waals surface area contributed by atoms with Crippen molar-refractivity contribution in [3.63, 3.8) is 0 Å². The number of aromatic amines is 1. The number of nitrogens with zero attached hydrogens (tertiary/aromatic N) is 1. The van der Waals surface area contributed by atoms with Gasteiger partial charge in [0, 0.05) is 15.2 Å². The minimum absolute atomic E-state index is 0.0650. The summed E-state index contributed by atoms with van der Waals surface area (Å²) in [5, 5.41) is 29.5. The van der Waals surface area contributed by atoms with E-state index in [0.29, 0.717) is 30.6 Å². The summed E-state index contributed by atoms with van der Waals surface area (Å²) in [6.07, 6.45) is 7.09. The van der Waals surface area contributed by atoms with E-state index in [1.54, 1.807) is 0 Å². The summed E-state index contributed by atoms with van der Waals surface area (Å²) in [5.74, 6) is 1.58. The van der Waals surface area contributed by atoms with E-state index in [1.165, 1.54) is 11.3 Å². The number of hydrogen-bond donors (Lipinski definition) is 3. The summed E-state index contributed by atoms with van der Waals surface area (Å²) in [4.78, 5) is 0. The Balaban J connectivity index is 1.51. The van der Waals surface area contributed by atoms with Gasteiger partial charge in [-0.05, 0) is 86.4 Å². The molecule has 1 aromatic rings. The third-order valence-electron chi connectivity index (χ3n) is 9.11. The van der Waals surface area contributed by atoms with E-state index >= 15 is 0 Å². The molecule has 3 saturated carbocycles. The first kappa shape index (κ1) is 13.3. The van der Waals surface area contributed by atoms with E-state index in [0.717, 1.165) is 32.1 Å². The number of H-pyrrole nitrogens is 1. The van der Waals surface area contributed by atoms with Crippen molar-refractivity contribution in [2.24, 2.45) is 34.5 Å². The number of fused-ring (bicyclic) bond motifs is 6. The summed E-state index contributed by atoms with van der Waals surface area (Å²) < 4.78 is 24.0. The van der Waals surface area contributed by atoms with E-state index in [1.807, 2.05) is 13.1 Å². The molecule has 1 aromatic heterocycles. The third-order valence-corrected chi connectivity index (χ3v) is 9.11. The van der Waals surface area contributed by atoms with Gasteiger partial charge in [-0.3, -0.25) is 5.10 Å². The molecule has 4 heteroatoms. The molecule has 4 nitrogen and oxygen atoms in total. The Labute approximate surface area is 154 Å². The second kappa shape index (κ2) is 4.89. The Kier molecular flexibility index (Phi) is 2.61. The fraction of sp³-hybridized carbons (Fsp3) is 0.857. The molecule has 0 amide bonds. The van der Waals surface area contributed by atoms with Gasteiger partial charge in [0.25, 0.3) is 0 Å². The predicted molar refractivity (Wildman–Crippen MR) is 95.9 cm³/mol. The smallest absolute Gasteiger partial charge is 0.0933 e. The van der Waals surface area contributed by atoms with E-state index in [4.69, 9.17) is 4.11 Å². The summed E-state index contributed by atoms with van der Waals surface area (Å²) in [6, 6.07) is 0. The summed E-state index contributed by atoms with van der Waals surface area (Å²) in [7, 11) is 0. The molecule has 3 fully saturated rings. The zero-order valence-corrected chi connectivity index (χ0v) is 15.3.